The first kappa shape index (κ1) is 20.4. The van der Waals surface area contributed by atoms with Gasteiger partial charge in [0.2, 0.25) is 0 Å². The second-order valence-electron chi connectivity index (χ2n) is 7.73. The zero-order chi connectivity index (χ0) is 19.8. The minimum atomic E-state index is -0.0270. The second kappa shape index (κ2) is 10.3. The summed E-state index contributed by atoms with van der Waals surface area (Å²) in [5.74, 6) is 0.582. The molecule has 0 bridgehead atoms. The molecule has 0 unspecified atom stereocenters. The third kappa shape index (κ3) is 5.60. The van der Waals surface area contributed by atoms with Crippen molar-refractivity contribution in [2.75, 3.05) is 26.7 Å². The molecule has 148 valence electrons. The van der Waals surface area contributed by atoms with E-state index in [-0.39, 0.29) is 11.5 Å². The lowest BCUT2D eigenvalue weighted by atomic mass is 9.90. The third-order valence-electron chi connectivity index (χ3n) is 5.87. The highest BCUT2D eigenvalue weighted by Crippen LogP contribution is 2.23. The maximum absolute atomic E-state index is 12.5. The van der Waals surface area contributed by atoms with Crippen molar-refractivity contribution in [1.29, 1.82) is 5.41 Å². The van der Waals surface area contributed by atoms with Gasteiger partial charge in [0, 0.05) is 13.0 Å². The summed E-state index contributed by atoms with van der Waals surface area (Å²) in [6.45, 7) is 3.36. The number of likely N-dealkylation sites (tertiary alicyclic amines) is 1. The van der Waals surface area contributed by atoms with E-state index in [1.165, 1.54) is 5.56 Å². The molecule has 0 atom stereocenters. The SMILES string of the molecule is C[NH2+]c1ccccc1C(=N)C(=O)CCC1CCN(CCc2ccccc2)CC1. The molecule has 3 rings (SSSR count). The van der Waals surface area contributed by atoms with E-state index >= 15 is 0 Å². The van der Waals surface area contributed by atoms with Gasteiger partial charge >= 0.3 is 0 Å². The number of Topliss-reactive ketones (excluding diaryl/α,β-unsaturated/α-hetero) is 1. The first-order valence-electron chi connectivity index (χ1n) is 10.4. The maximum atomic E-state index is 12.5. The number of ketones is 1. The number of nitrogens with one attached hydrogen (secondary N) is 1. The summed E-state index contributed by atoms with van der Waals surface area (Å²) in [6.07, 6.45) is 4.83. The molecule has 0 radical (unpaired) electrons. The Balaban J connectivity index is 1.40. The van der Waals surface area contributed by atoms with Crippen LogP contribution in [-0.4, -0.2) is 43.1 Å². The molecule has 4 heteroatoms. The fourth-order valence-corrected chi connectivity index (χ4v) is 4.02. The normalized spacial score (nSPS) is 15.5. The predicted octanol–water partition coefficient (Wildman–Crippen LogP) is 3.18. The van der Waals surface area contributed by atoms with Gasteiger partial charge < -0.3 is 10.2 Å². The number of carbonyl (C=O) groups excluding carboxylic acids is 1. The monoisotopic (exact) mass is 378 g/mol. The van der Waals surface area contributed by atoms with Gasteiger partial charge in [0.1, 0.15) is 11.4 Å². The Bertz CT molecular complexity index is 779. The van der Waals surface area contributed by atoms with Crippen LogP contribution in [0.4, 0.5) is 5.69 Å². The van der Waals surface area contributed by atoms with Gasteiger partial charge in [-0.15, -0.1) is 0 Å². The Morgan fingerprint density at radius 3 is 2.46 bits per heavy atom. The van der Waals surface area contributed by atoms with Gasteiger partial charge in [-0.3, -0.25) is 10.2 Å². The molecule has 2 aromatic rings. The van der Waals surface area contributed by atoms with Crippen LogP contribution < -0.4 is 5.32 Å². The number of rotatable bonds is 9. The summed E-state index contributed by atoms with van der Waals surface area (Å²) < 4.78 is 0. The van der Waals surface area contributed by atoms with Crippen molar-refractivity contribution in [2.24, 2.45) is 5.92 Å². The van der Waals surface area contributed by atoms with E-state index in [4.69, 9.17) is 5.41 Å². The molecule has 0 saturated carbocycles. The number of nitrogens with two attached hydrogens (primary N) is 1. The van der Waals surface area contributed by atoms with Crippen molar-refractivity contribution in [2.45, 2.75) is 32.1 Å². The molecule has 1 aliphatic rings. The number of nitrogens with zero attached hydrogens (tertiary/aromatic N) is 1. The molecule has 1 fully saturated rings. The summed E-state index contributed by atoms with van der Waals surface area (Å²) in [5.41, 5.74) is 3.28. The largest absolute Gasteiger partial charge is 0.316 e. The Labute approximate surface area is 168 Å². The molecule has 0 amide bonds. The molecular weight excluding hydrogens is 346 g/mol. The van der Waals surface area contributed by atoms with Crippen molar-refractivity contribution in [1.82, 2.24) is 4.90 Å². The van der Waals surface area contributed by atoms with Gasteiger partial charge in [-0.05, 0) is 62.4 Å². The third-order valence-corrected chi connectivity index (χ3v) is 5.87. The molecule has 1 saturated heterocycles. The van der Waals surface area contributed by atoms with E-state index in [0.717, 1.165) is 56.6 Å². The second-order valence-corrected chi connectivity index (χ2v) is 7.73. The molecule has 3 N–H and O–H groups in total. The zero-order valence-electron chi connectivity index (χ0n) is 16.9. The number of benzene rings is 2. The molecule has 4 nitrogen and oxygen atoms in total. The van der Waals surface area contributed by atoms with Gasteiger partial charge in [0.05, 0.1) is 12.6 Å². The predicted molar refractivity (Wildman–Crippen MR) is 114 cm³/mol. The molecule has 2 aromatic carbocycles. The molecular formula is C24H32N3O+. The topological polar surface area (TPSA) is 60.8 Å². The van der Waals surface area contributed by atoms with Crippen LogP contribution in [0, 0.1) is 11.3 Å². The minimum absolute atomic E-state index is 0.0270. The highest BCUT2D eigenvalue weighted by Gasteiger charge is 2.22. The van der Waals surface area contributed by atoms with Crippen LogP contribution in [-0.2, 0) is 11.2 Å². The highest BCUT2D eigenvalue weighted by molar-refractivity contribution is 6.45. The van der Waals surface area contributed by atoms with E-state index in [1.54, 1.807) is 0 Å². The highest BCUT2D eigenvalue weighted by atomic mass is 16.1. The average Bonchev–Trinajstić information content (AvgIpc) is 2.77. The van der Waals surface area contributed by atoms with Crippen LogP contribution >= 0.6 is 0 Å². The van der Waals surface area contributed by atoms with Crippen LogP contribution in [0.25, 0.3) is 0 Å². The number of carbonyl (C=O) groups is 1. The van der Waals surface area contributed by atoms with Gasteiger partial charge in [-0.1, -0.05) is 42.5 Å². The molecule has 1 heterocycles. The first-order chi connectivity index (χ1) is 13.7. The van der Waals surface area contributed by atoms with E-state index in [2.05, 4.69) is 35.2 Å². The summed E-state index contributed by atoms with van der Waals surface area (Å²) >= 11 is 0. The number of piperidine rings is 1. The van der Waals surface area contributed by atoms with Gasteiger partial charge in [-0.25, -0.2) is 0 Å². The Morgan fingerprint density at radius 1 is 1.07 bits per heavy atom. The molecule has 0 aromatic heterocycles. The van der Waals surface area contributed by atoms with Crippen molar-refractivity contribution in [3.63, 3.8) is 0 Å². The van der Waals surface area contributed by atoms with Crippen LogP contribution in [0.1, 0.15) is 36.8 Å². The molecule has 0 spiro atoms. The van der Waals surface area contributed by atoms with Gasteiger partial charge in [-0.2, -0.15) is 0 Å². The molecule has 1 aliphatic heterocycles. The number of hydrogen-bond donors (Lipinski definition) is 2. The fraction of sp³-hybridized carbons (Fsp3) is 0.417. The quantitative estimate of drug-likeness (QED) is 0.520. The maximum Gasteiger partial charge on any atom is 0.181 e. The van der Waals surface area contributed by atoms with Crippen LogP contribution in [0.5, 0.6) is 0 Å². The summed E-state index contributed by atoms with van der Waals surface area (Å²) in [6, 6.07) is 18.3. The van der Waals surface area contributed by atoms with Crippen LogP contribution in [0.2, 0.25) is 0 Å². The summed E-state index contributed by atoms with van der Waals surface area (Å²) in [5, 5.41) is 10.2. The molecule has 28 heavy (non-hydrogen) atoms. The number of quaternary nitrogens is 1. The lowest BCUT2D eigenvalue weighted by molar-refractivity contribution is -0.539. The number of para-hydroxylation sites is 1. The van der Waals surface area contributed by atoms with E-state index in [1.807, 2.05) is 36.6 Å². The van der Waals surface area contributed by atoms with Crippen molar-refractivity contribution >= 4 is 17.2 Å². The van der Waals surface area contributed by atoms with E-state index in [0.29, 0.717) is 12.3 Å². The summed E-state index contributed by atoms with van der Waals surface area (Å²) in [7, 11) is 1.95. The van der Waals surface area contributed by atoms with Gasteiger partial charge in [0.15, 0.2) is 5.78 Å². The number of hydrogen-bond acceptors (Lipinski definition) is 3. The van der Waals surface area contributed by atoms with Crippen molar-refractivity contribution < 1.29 is 10.1 Å². The molecule has 0 aliphatic carbocycles. The van der Waals surface area contributed by atoms with Gasteiger partial charge in [0.25, 0.3) is 0 Å². The van der Waals surface area contributed by atoms with Crippen LogP contribution in [0.15, 0.2) is 54.6 Å². The Morgan fingerprint density at radius 2 is 1.75 bits per heavy atom. The van der Waals surface area contributed by atoms with Crippen molar-refractivity contribution in [3.05, 3.63) is 65.7 Å². The van der Waals surface area contributed by atoms with Crippen molar-refractivity contribution in [3.8, 4) is 0 Å². The minimum Gasteiger partial charge on any atom is -0.316 e. The standard InChI is InChI=1S/C24H31N3O/c1-26-22-10-6-5-9-21(22)24(25)23(28)12-11-20-14-17-27(18-15-20)16-13-19-7-3-2-4-8-19/h2-10,20,25-26H,11-18H2,1H3/p+1. The van der Waals surface area contributed by atoms with Crippen LogP contribution in [0.3, 0.4) is 0 Å². The van der Waals surface area contributed by atoms with E-state index in [9.17, 15) is 4.79 Å². The fourth-order valence-electron chi connectivity index (χ4n) is 4.02. The van der Waals surface area contributed by atoms with E-state index < -0.39 is 0 Å². The first-order valence-corrected chi connectivity index (χ1v) is 10.4. The summed E-state index contributed by atoms with van der Waals surface area (Å²) in [4.78, 5) is 15.1. The average molecular weight is 379 g/mol. The Hall–Kier alpha value is -2.30. The lowest BCUT2D eigenvalue weighted by Crippen LogP contribution is -2.73. The Kier molecular flexibility index (Phi) is 7.52. The zero-order valence-corrected chi connectivity index (χ0v) is 16.9. The smallest absolute Gasteiger partial charge is 0.181 e. The lowest BCUT2D eigenvalue weighted by Gasteiger charge is -2.31.